The van der Waals surface area contributed by atoms with Crippen molar-refractivity contribution >= 4 is 50.7 Å². The number of benzene rings is 4. The molecule has 4 rings (SSSR count). The fraction of sp³-hybridized carbons (Fsp3) is 0.235. The largest absolute Gasteiger partial charge is 0.352 e. The minimum Gasteiger partial charge on any atom is -0.352 e. The van der Waals surface area contributed by atoms with E-state index in [2.05, 4.69) is 5.32 Å². The predicted octanol–water partition coefficient (Wildman–Crippen LogP) is 6.66. The minimum absolute atomic E-state index is 0.00808. The zero-order valence-electron chi connectivity index (χ0n) is 24.8. The number of aryl methyl sites for hydroxylation is 1. The lowest BCUT2D eigenvalue weighted by Crippen LogP contribution is -2.54. The molecule has 0 unspecified atom stereocenters. The summed E-state index contributed by atoms with van der Waals surface area (Å²) in [6, 6.07) is 28.1. The van der Waals surface area contributed by atoms with E-state index in [4.69, 9.17) is 23.2 Å². The molecule has 0 aliphatic rings. The maximum Gasteiger partial charge on any atom is 0.264 e. The average molecular weight is 653 g/mol. The Morgan fingerprint density at radius 1 is 0.795 bits per heavy atom. The standard InChI is InChI=1S/C34H35Cl2N3O4S/c1-24(2)37-34(41)32(21-26-10-6-4-7-11-26)38(22-27-16-19-30(35)31(36)20-27)33(40)23-39(28-17-14-25(3)15-18-28)44(42,43)29-12-8-5-9-13-29/h4-20,24,32H,21-23H2,1-3H3,(H,37,41)/t32-/m0/s1. The third kappa shape index (κ3) is 8.40. The highest BCUT2D eigenvalue weighted by Gasteiger charge is 2.34. The van der Waals surface area contributed by atoms with Crippen molar-refractivity contribution < 1.29 is 18.0 Å². The van der Waals surface area contributed by atoms with Crippen LogP contribution in [0, 0.1) is 6.92 Å². The average Bonchev–Trinajstić information content (AvgIpc) is 3.00. The van der Waals surface area contributed by atoms with Crippen molar-refractivity contribution in [3.8, 4) is 0 Å². The van der Waals surface area contributed by atoms with Crippen molar-refractivity contribution in [3.05, 3.63) is 130 Å². The molecule has 2 amide bonds. The van der Waals surface area contributed by atoms with Gasteiger partial charge in [0, 0.05) is 19.0 Å². The fourth-order valence-corrected chi connectivity index (χ4v) is 6.48. The summed E-state index contributed by atoms with van der Waals surface area (Å²) in [4.78, 5) is 29.6. The Hall–Kier alpha value is -3.85. The second-order valence-corrected chi connectivity index (χ2v) is 13.5. The predicted molar refractivity (Wildman–Crippen MR) is 176 cm³/mol. The molecule has 0 aromatic heterocycles. The van der Waals surface area contributed by atoms with Crippen LogP contribution in [0.2, 0.25) is 10.0 Å². The van der Waals surface area contributed by atoms with E-state index in [1.807, 2.05) is 51.1 Å². The minimum atomic E-state index is -4.16. The third-order valence-corrected chi connectivity index (χ3v) is 9.50. The summed E-state index contributed by atoms with van der Waals surface area (Å²) in [6.07, 6.45) is 0.211. The normalized spacial score (nSPS) is 12.0. The monoisotopic (exact) mass is 651 g/mol. The van der Waals surface area contributed by atoms with Crippen LogP contribution in [0.1, 0.15) is 30.5 Å². The van der Waals surface area contributed by atoms with E-state index < -0.39 is 28.5 Å². The molecule has 230 valence electrons. The van der Waals surface area contributed by atoms with Gasteiger partial charge in [0.15, 0.2) is 0 Å². The van der Waals surface area contributed by atoms with Gasteiger partial charge in [-0.15, -0.1) is 0 Å². The maximum atomic E-state index is 14.4. The van der Waals surface area contributed by atoms with Crippen LogP contribution in [0.3, 0.4) is 0 Å². The van der Waals surface area contributed by atoms with Gasteiger partial charge in [0.05, 0.1) is 20.6 Å². The molecular weight excluding hydrogens is 617 g/mol. The second-order valence-electron chi connectivity index (χ2n) is 10.8. The Labute approximate surface area is 269 Å². The number of anilines is 1. The number of amides is 2. The van der Waals surface area contributed by atoms with Crippen LogP contribution in [-0.4, -0.2) is 43.8 Å². The first-order valence-corrected chi connectivity index (χ1v) is 16.4. The summed E-state index contributed by atoms with van der Waals surface area (Å²) in [5.74, 6) is -0.916. The number of hydrogen-bond acceptors (Lipinski definition) is 4. The number of halogens is 2. The lowest BCUT2D eigenvalue weighted by Gasteiger charge is -2.34. The van der Waals surface area contributed by atoms with Gasteiger partial charge in [-0.05, 0) is 68.3 Å². The van der Waals surface area contributed by atoms with Gasteiger partial charge in [0.25, 0.3) is 10.0 Å². The lowest BCUT2D eigenvalue weighted by molar-refractivity contribution is -0.140. The number of hydrogen-bond donors (Lipinski definition) is 1. The molecule has 0 bridgehead atoms. The van der Waals surface area contributed by atoms with Gasteiger partial charge in [-0.1, -0.05) is 95.5 Å². The summed E-state index contributed by atoms with van der Waals surface area (Å²) in [5, 5.41) is 3.59. The van der Waals surface area contributed by atoms with Gasteiger partial charge < -0.3 is 10.2 Å². The molecule has 0 aliphatic heterocycles. The molecule has 0 fully saturated rings. The number of rotatable bonds is 12. The SMILES string of the molecule is Cc1ccc(N(CC(=O)N(Cc2ccc(Cl)c(Cl)c2)[C@@H](Cc2ccccc2)C(=O)NC(C)C)S(=O)(=O)c2ccccc2)cc1. The lowest BCUT2D eigenvalue weighted by atomic mass is 10.0. The summed E-state index contributed by atoms with van der Waals surface area (Å²) in [6.45, 7) is 5.03. The fourth-order valence-electron chi connectivity index (χ4n) is 4.73. The van der Waals surface area contributed by atoms with Crippen molar-refractivity contribution in [2.24, 2.45) is 0 Å². The van der Waals surface area contributed by atoms with Crippen molar-refractivity contribution in [2.45, 2.75) is 50.7 Å². The Morgan fingerprint density at radius 2 is 1.41 bits per heavy atom. The van der Waals surface area contributed by atoms with Crippen LogP contribution < -0.4 is 9.62 Å². The molecule has 4 aromatic rings. The molecule has 44 heavy (non-hydrogen) atoms. The van der Waals surface area contributed by atoms with E-state index >= 15 is 0 Å². The Balaban J connectivity index is 1.81. The molecule has 1 atom stereocenters. The molecule has 0 saturated heterocycles. The van der Waals surface area contributed by atoms with E-state index in [1.54, 1.807) is 60.7 Å². The first-order valence-electron chi connectivity index (χ1n) is 14.2. The first kappa shape index (κ1) is 33.1. The molecule has 4 aromatic carbocycles. The number of carbonyl (C=O) groups excluding carboxylic acids is 2. The number of nitrogens with one attached hydrogen (secondary N) is 1. The smallest absolute Gasteiger partial charge is 0.264 e. The second kappa shape index (κ2) is 14.8. The Morgan fingerprint density at radius 3 is 2.00 bits per heavy atom. The van der Waals surface area contributed by atoms with Crippen LogP contribution in [0.25, 0.3) is 0 Å². The topological polar surface area (TPSA) is 86.8 Å². The number of nitrogens with zero attached hydrogens (tertiary/aromatic N) is 2. The summed E-state index contributed by atoms with van der Waals surface area (Å²) in [7, 11) is -4.16. The zero-order chi connectivity index (χ0) is 31.9. The van der Waals surface area contributed by atoms with E-state index in [0.717, 1.165) is 15.4 Å². The summed E-state index contributed by atoms with van der Waals surface area (Å²) in [5.41, 5.74) is 2.74. The third-order valence-electron chi connectivity index (χ3n) is 6.97. The molecular formula is C34H35Cl2N3O4S. The summed E-state index contributed by atoms with van der Waals surface area (Å²) >= 11 is 12.5. The highest BCUT2D eigenvalue weighted by Crippen LogP contribution is 2.27. The van der Waals surface area contributed by atoms with Crippen LogP contribution >= 0.6 is 23.2 Å². The number of carbonyl (C=O) groups is 2. The van der Waals surface area contributed by atoms with Crippen molar-refractivity contribution in [2.75, 3.05) is 10.8 Å². The van der Waals surface area contributed by atoms with E-state index in [9.17, 15) is 18.0 Å². The van der Waals surface area contributed by atoms with Crippen LogP contribution in [-0.2, 0) is 32.6 Å². The Bertz CT molecular complexity index is 1680. The van der Waals surface area contributed by atoms with Gasteiger partial charge in [0.1, 0.15) is 12.6 Å². The molecule has 0 radical (unpaired) electrons. The molecule has 0 spiro atoms. The van der Waals surface area contributed by atoms with Gasteiger partial charge in [0.2, 0.25) is 11.8 Å². The highest BCUT2D eigenvalue weighted by molar-refractivity contribution is 7.92. The summed E-state index contributed by atoms with van der Waals surface area (Å²) < 4.78 is 29.1. The van der Waals surface area contributed by atoms with Gasteiger partial charge in [-0.3, -0.25) is 13.9 Å². The quantitative estimate of drug-likeness (QED) is 0.186. The van der Waals surface area contributed by atoms with Crippen molar-refractivity contribution in [3.63, 3.8) is 0 Å². The molecule has 0 aliphatic carbocycles. The maximum absolute atomic E-state index is 14.4. The molecule has 7 nitrogen and oxygen atoms in total. The zero-order valence-corrected chi connectivity index (χ0v) is 27.1. The first-order chi connectivity index (χ1) is 21.0. The van der Waals surface area contributed by atoms with Gasteiger partial charge >= 0.3 is 0 Å². The highest BCUT2D eigenvalue weighted by atomic mass is 35.5. The molecule has 0 saturated carbocycles. The van der Waals surface area contributed by atoms with E-state index in [1.165, 1.54) is 17.0 Å². The van der Waals surface area contributed by atoms with Crippen LogP contribution in [0.4, 0.5) is 5.69 Å². The molecule has 0 heterocycles. The molecule has 1 N–H and O–H groups in total. The van der Waals surface area contributed by atoms with Crippen molar-refractivity contribution in [1.29, 1.82) is 0 Å². The van der Waals surface area contributed by atoms with Gasteiger partial charge in [-0.25, -0.2) is 8.42 Å². The van der Waals surface area contributed by atoms with E-state index in [0.29, 0.717) is 21.3 Å². The van der Waals surface area contributed by atoms with Crippen molar-refractivity contribution in [1.82, 2.24) is 10.2 Å². The molecule has 10 heteroatoms. The van der Waals surface area contributed by atoms with Crippen LogP contribution in [0.15, 0.2) is 108 Å². The van der Waals surface area contributed by atoms with E-state index in [-0.39, 0.29) is 29.8 Å². The number of sulfonamides is 1. The van der Waals surface area contributed by atoms with Gasteiger partial charge in [-0.2, -0.15) is 0 Å². The van der Waals surface area contributed by atoms with Crippen LogP contribution in [0.5, 0.6) is 0 Å². The Kier molecular flexibility index (Phi) is 11.1.